The third-order valence-corrected chi connectivity index (χ3v) is 3.65. The van der Waals surface area contributed by atoms with Crippen LogP contribution < -0.4 is 5.32 Å². The molecule has 0 spiro atoms. The Morgan fingerprint density at radius 3 is 2.73 bits per heavy atom. The molecule has 22 heavy (non-hydrogen) atoms. The molecule has 4 nitrogen and oxygen atoms in total. The lowest BCUT2D eigenvalue weighted by molar-refractivity contribution is -0.137. The molecule has 3 rings (SSSR count). The molecular formula is C14H11ClF3N3O. The standard InChI is InChI=1S/C14H11ClF3N3O/c15-12-11(13(22)20-9-4-5-9)7-19-21(12)10-3-1-2-8(6-10)14(16,17)18/h1-3,6-7,9H,4-5H2,(H,20,22). The Morgan fingerprint density at radius 1 is 1.36 bits per heavy atom. The van der Waals surface area contributed by atoms with Gasteiger partial charge in [-0.15, -0.1) is 0 Å². The van der Waals surface area contributed by atoms with Crippen LogP contribution in [0.2, 0.25) is 5.15 Å². The Labute approximate surface area is 128 Å². The molecule has 1 N–H and O–H groups in total. The first-order valence-corrected chi connectivity index (χ1v) is 6.96. The van der Waals surface area contributed by atoms with E-state index in [0.717, 1.165) is 29.7 Å². The summed E-state index contributed by atoms with van der Waals surface area (Å²) < 4.78 is 39.3. The van der Waals surface area contributed by atoms with Gasteiger partial charge in [0.1, 0.15) is 5.15 Å². The number of nitrogens with zero attached hydrogens (tertiary/aromatic N) is 2. The number of hydrogen-bond acceptors (Lipinski definition) is 2. The van der Waals surface area contributed by atoms with Crippen LogP contribution in [0.5, 0.6) is 0 Å². The highest BCUT2D eigenvalue weighted by molar-refractivity contribution is 6.33. The summed E-state index contributed by atoms with van der Waals surface area (Å²) in [4.78, 5) is 12.0. The van der Waals surface area contributed by atoms with Crippen molar-refractivity contribution in [3.63, 3.8) is 0 Å². The van der Waals surface area contributed by atoms with Crippen LogP contribution in [0.4, 0.5) is 13.2 Å². The minimum Gasteiger partial charge on any atom is -0.349 e. The number of benzene rings is 1. The normalized spacial score (nSPS) is 14.9. The molecule has 1 aromatic heterocycles. The number of hydrogen-bond donors (Lipinski definition) is 1. The van der Waals surface area contributed by atoms with Gasteiger partial charge in [-0.05, 0) is 31.0 Å². The highest BCUT2D eigenvalue weighted by Crippen LogP contribution is 2.31. The number of amides is 1. The molecule has 1 amide bonds. The van der Waals surface area contributed by atoms with E-state index in [9.17, 15) is 18.0 Å². The zero-order valence-electron chi connectivity index (χ0n) is 11.2. The summed E-state index contributed by atoms with van der Waals surface area (Å²) >= 11 is 6.08. The lowest BCUT2D eigenvalue weighted by Gasteiger charge is -2.09. The van der Waals surface area contributed by atoms with E-state index >= 15 is 0 Å². The quantitative estimate of drug-likeness (QED) is 0.937. The molecule has 2 aromatic rings. The third kappa shape index (κ3) is 2.94. The molecule has 0 unspecified atom stereocenters. The summed E-state index contributed by atoms with van der Waals surface area (Å²) in [6.45, 7) is 0. The zero-order chi connectivity index (χ0) is 15.9. The Balaban J connectivity index is 1.92. The SMILES string of the molecule is O=C(NC1CC1)c1cnn(-c2cccc(C(F)(F)F)c2)c1Cl. The highest BCUT2D eigenvalue weighted by Gasteiger charge is 2.31. The predicted molar refractivity (Wildman–Crippen MR) is 74.1 cm³/mol. The van der Waals surface area contributed by atoms with E-state index in [0.29, 0.717) is 0 Å². The Kier molecular flexibility index (Phi) is 3.60. The second-order valence-corrected chi connectivity index (χ2v) is 5.41. The van der Waals surface area contributed by atoms with Gasteiger partial charge in [0.15, 0.2) is 0 Å². The summed E-state index contributed by atoms with van der Waals surface area (Å²) in [5.74, 6) is -0.370. The van der Waals surface area contributed by atoms with E-state index < -0.39 is 11.7 Å². The second-order valence-electron chi connectivity index (χ2n) is 5.06. The molecule has 8 heteroatoms. The van der Waals surface area contributed by atoms with E-state index in [4.69, 9.17) is 11.6 Å². The average molecular weight is 330 g/mol. The van der Waals surface area contributed by atoms with Gasteiger partial charge in [0.25, 0.3) is 5.91 Å². The fourth-order valence-electron chi connectivity index (χ4n) is 1.97. The number of aromatic nitrogens is 2. The van der Waals surface area contributed by atoms with Crippen LogP contribution >= 0.6 is 11.6 Å². The van der Waals surface area contributed by atoms with Gasteiger partial charge in [-0.3, -0.25) is 4.79 Å². The molecule has 1 saturated carbocycles. The van der Waals surface area contributed by atoms with Crippen LogP contribution in [0.3, 0.4) is 0 Å². The van der Waals surface area contributed by atoms with Gasteiger partial charge < -0.3 is 5.32 Å². The van der Waals surface area contributed by atoms with Gasteiger partial charge in [0, 0.05) is 6.04 Å². The van der Waals surface area contributed by atoms with Crippen LogP contribution in [0, 0.1) is 0 Å². The molecule has 1 heterocycles. The summed E-state index contributed by atoms with van der Waals surface area (Å²) in [6, 6.07) is 4.75. The lowest BCUT2D eigenvalue weighted by atomic mass is 10.2. The molecule has 1 aliphatic rings. The predicted octanol–water partition coefficient (Wildman–Crippen LogP) is 3.44. The molecule has 1 aliphatic carbocycles. The van der Waals surface area contributed by atoms with E-state index in [2.05, 4.69) is 10.4 Å². The van der Waals surface area contributed by atoms with Gasteiger partial charge in [-0.25, -0.2) is 4.68 Å². The van der Waals surface area contributed by atoms with Crippen molar-refractivity contribution in [3.05, 3.63) is 46.7 Å². The van der Waals surface area contributed by atoms with Gasteiger partial charge in [0.05, 0.1) is 23.0 Å². The van der Waals surface area contributed by atoms with Crippen LogP contribution in [0.15, 0.2) is 30.5 Å². The Bertz CT molecular complexity index is 722. The van der Waals surface area contributed by atoms with Crippen molar-refractivity contribution < 1.29 is 18.0 Å². The first-order valence-electron chi connectivity index (χ1n) is 6.58. The Morgan fingerprint density at radius 2 is 2.09 bits per heavy atom. The van der Waals surface area contributed by atoms with Crippen LogP contribution in [0.1, 0.15) is 28.8 Å². The molecule has 0 bridgehead atoms. The van der Waals surface area contributed by atoms with E-state index in [-0.39, 0.29) is 28.4 Å². The van der Waals surface area contributed by atoms with Gasteiger partial charge >= 0.3 is 6.18 Å². The molecule has 1 fully saturated rings. The molecule has 116 valence electrons. The number of nitrogens with one attached hydrogen (secondary N) is 1. The van der Waals surface area contributed by atoms with Gasteiger partial charge in [0.2, 0.25) is 0 Å². The first kappa shape index (κ1) is 14.9. The second kappa shape index (κ2) is 5.31. The molecule has 0 radical (unpaired) electrons. The average Bonchev–Trinajstić information content (AvgIpc) is 3.18. The van der Waals surface area contributed by atoms with Crippen molar-refractivity contribution in [1.82, 2.24) is 15.1 Å². The third-order valence-electron chi connectivity index (χ3n) is 3.29. The smallest absolute Gasteiger partial charge is 0.349 e. The molecular weight excluding hydrogens is 319 g/mol. The lowest BCUT2D eigenvalue weighted by Crippen LogP contribution is -2.25. The Hall–Kier alpha value is -2.02. The first-order chi connectivity index (χ1) is 10.4. The minimum atomic E-state index is -4.46. The van der Waals surface area contributed by atoms with E-state index in [1.54, 1.807) is 0 Å². The van der Waals surface area contributed by atoms with Crippen molar-refractivity contribution in [1.29, 1.82) is 0 Å². The van der Waals surface area contributed by atoms with Gasteiger partial charge in [-0.1, -0.05) is 17.7 Å². The fraction of sp³-hybridized carbons (Fsp3) is 0.286. The van der Waals surface area contributed by atoms with Crippen molar-refractivity contribution in [2.24, 2.45) is 0 Å². The summed E-state index contributed by atoms with van der Waals surface area (Å²) in [7, 11) is 0. The maximum absolute atomic E-state index is 12.7. The van der Waals surface area contributed by atoms with Crippen LogP contribution in [-0.4, -0.2) is 21.7 Å². The minimum absolute atomic E-state index is 0.0162. The van der Waals surface area contributed by atoms with Crippen molar-refractivity contribution in [2.45, 2.75) is 25.1 Å². The number of carbonyl (C=O) groups excluding carboxylic acids is 1. The molecule has 0 aliphatic heterocycles. The largest absolute Gasteiger partial charge is 0.416 e. The molecule has 0 saturated heterocycles. The maximum Gasteiger partial charge on any atom is 0.416 e. The van der Waals surface area contributed by atoms with Gasteiger partial charge in [-0.2, -0.15) is 18.3 Å². The molecule has 0 atom stereocenters. The number of carbonyl (C=O) groups is 1. The maximum atomic E-state index is 12.7. The zero-order valence-corrected chi connectivity index (χ0v) is 11.9. The summed E-state index contributed by atoms with van der Waals surface area (Å²) in [5, 5.41) is 6.65. The fourth-order valence-corrected chi connectivity index (χ4v) is 2.25. The van der Waals surface area contributed by atoms with Crippen molar-refractivity contribution >= 4 is 17.5 Å². The summed E-state index contributed by atoms with van der Waals surface area (Å²) in [5.41, 5.74) is -0.517. The monoisotopic (exact) mass is 329 g/mol. The van der Waals surface area contributed by atoms with E-state index in [1.165, 1.54) is 18.3 Å². The topological polar surface area (TPSA) is 46.9 Å². The van der Waals surface area contributed by atoms with Crippen molar-refractivity contribution in [3.8, 4) is 5.69 Å². The number of alkyl halides is 3. The summed E-state index contributed by atoms with van der Waals surface area (Å²) in [6.07, 6.45) is -1.36. The number of halogens is 4. The van der Waals surface area contributed by atoms with Crippen LogP contribution in [0.25, 0.3) is 5.69 Å². The van der Waals surface area contributed by atoms with E-state index in [1.807, 2.05) is 0 Å². The van der Waals surface area contributed by atoms with Crippen molar-refractivity contribution in [2.75, 3.05) is 0 Å². The number of rotatable bonds is 3. The van der Waals surface area contributed by atoms with Crippen LogP contribution in [-0.2, 0) is 6.18 Å². The molecule has 1 aromatic carbocycles. The highest BCUT2D eigenvalue weighted by atomic mass is 35.5.